The first kappa shape index (κ1) is 18.5. The first-order chi connectivity index (χ1) is 13.2. The van der Waals surface area contributed by atoms with Crippen LogP contribution in [0.2, 0.25) is 10.0 Å². The van der Waals surface area contributed by atoms with Crippen LogP contribution in [0, 0.1) is 0 Å². The molecule has 5 nitrogen and oxygen atoms in total. The number of nitrogens with zero attached hydrogens (tertiary/aromatic N) is 3. The molecule has 1 aliphatic rings. The van der Waals surface area contributed by atoms with Gasteiger partial charge in [-0.05, 0) is 35.4 Å². The number of thiazole rings is 1. The number of pyridine rings is 1. The molecule has 27 heavy (non-hydrogen) atoms. The van der Waals surface area contributed by atoms with Crippen molar-refractivity contribution in [3.8, 4) is 16.9 Å². The van der Waals surface area contributed by atoms with E-state index in [2.05, 4.69) is 26.3 Å². The molecule has 140 valence electrons. The molecular weight excluding hydrogens is 403 g/mol. The molecule has 3 heterocycles. The smallest absolute Gasteiger partial charge is 0.157 e. The Kier molecular flexibility index (Phi) is 5.78. The van der Waals surface area contributed by atoms with Crippen LogP contribution in [0.15, 0.2) is 42.0 Å². The van der Waals surface area contributed by atoms with Crippen molar-refractivity contribution in [2.45, 2.75) is 6.61 Å². The lowest BCUT2D eigenvalue weighted by atomic mass is 10.1. The van der Waals surface area contributed by atoms with E-state index in [1.165, 1.54) is 11.3 Å². The molecule has 1 saturated heterocycles. The van der Waals surface area contributed by atoms with Gasteiger partial charge in [-0.2, -0.15) is 0 Å². The van der Waals surface area contributed by atoms with E-state index in [0.29, 0.717) is 22.4 Å². The van der Waals surface area contributed by atoms with Gasteiger partial charge >= 0.3 is 0 Å². The molecule has 0 unspecified atom stereocenters. The van der Waals surface area contributed by atoms with Crippen LogP contribution in [-0.2, 0) is 6.61 Å². The van der Waals surface area contributed by atoms with E-state index < -0.39 is 0 Å². The predicted molar refractivity (Wildman–Crippen MR) is 111 cm³/mol. The van der Waals surface area contributed by atoms with E-state index in [4.69, 9.17) is 27.9 Å². The predicted octanol–water partition coefficient (Wildman–Crippen LogP) is 4.50. The molecule has 1 aromatic carbocycles. The van der Waals surface area contributed by atoms with Gasteiger partial charge in [-0.25, -0.2) is 9.97 Å². The first-order valence-corrected chi connectivity index (χ1v) is 10.3. The second kappa shape index (κ2) is 8.44. The Bertz CT molecular complexity index is 891. The molecule has 3 aromatic rings. The van der Waals surface area contributed by atoms with Crippen LogP contribution in [0.3, 0.4) is 0 Å². The van der Waals surface area contributed by atoms with Crippen LogP contribution in [0.25, 0.3) is 11.1 Å². The SMILES string of the molecule is Clc1cc(-c2ccnc(N3CCNCC3)c2)cc(Cl)c1OCc1nccs1. The highest BCUT2D eigenvalue weighted by atomic mass is 35.5. The highest BCUT2D eigenvalue weighted by molar-refractivity contribution is 7.09. The fourth-order valence-corrected chi connectivity index (χ4v) is 4.11. The number of piperazine rings is 1. The van der Waals surface area contributed by atoms with Crippen molar-refractivity contribution in [1.82, 2.24) is 15.3 Å². The molecule has 1 N–H and O–H groups in total. The molecule has 0 aliphatic carbocycles. The van der Waals surface area contributed by atoms with Gasteiger partial charge in [0, 0.05) is 44.0 Å². The van der Waals surface area contributed by atoms with Gasteiger partial charge in [0.15, 0.2) is 5.75 Å². The fraction of sp³-hybridized carbons (Fsp3) is 0.263. The van der Waals surface area contributed by atoms with Crippen molar-refractivity contribution in [1.29, 1.82) is 0 Å². The zero-order valence-electron chi connectivity index (χ0n) is 14.5. The number of ether oxygens (including phenoxy) is 1. The summed E-state index contributed by atoms with van der Waals surface area (Å²) >= 11 is 14.4. The van der Waals surface area contributed by atoms with Crippen molar-refractivity contribution >= 4 is 40.4 Å². The van der Waals surface area contributed by atoms with Crippen LogP contribution in [-0.4, -0.2) is 36.1 Å². The molecule has 8 heteroatoms. The number of hydrogen-bond donors (Lipinski definition) is 1. The van der Waals surface area contributed by atoms with Crippen molar-refractivity contribution in [3.63, 3.8) is 0 Å². The second-order valence-corrected chi connectivity index (χ2v) is 7.92. The minimum absolute atomic E-state index is 0.346. The number of halogens is 2. The van der Waals surface area contributed by atoms with E-state index in [0.717, 1.165) is 48.1 Å². The number of rotatable bonds is 5. The maximum absolute atomic E-state index is 6.45. The molecule has 0 saturated carbocycles. The molecule has 4 rings (SSSR count). The third kappa shape index (κ3) is 4.35. The number of nitrogens with one attached hydrogen (secondary N) is 1. The molecule has 2 aromatic heterocycles. The summed E-state index contributed by atoms with van der Waals surface area (Å²) in [5.74, 6) is 1.44. The zero-order valence-corrected chi connectivity index (χ0v) is 16.8. The van der Waals surface area contributed by atoms with Crippen molar-refractivity contribution in [3.05, 3.63) is 57.1 Å². The molecule has 1 aliphatic heterocycles. The van der Waals surface area contributed by atoms with E-state index in [1.807, 2.05) is 29.8 Å². The Balaban J connectivity index is 1.57. The number of aromatic nitrogens is 2. The normalized spacial score (nSPS) is 14.4. The summed E-state index contributed by atoms with van der Waals surface area (Å²) in [7, 11) is 0. The van der Waals surface area contributed by atoms with E-state index >= 15 is 0 Å². The molecule has 1 fully saturated rings. The number of benzene rings is 1. The Labute approximate surface area is 171 Å². The van der Waals surface area contributed by atoms with Gasteiger partial charge in [-0.15, -0.1) is 11.3 Å². The molecule has 0 amide bonds. The van der Waals surface area contributed by atoms with Gasteiger partial charge in [0.05, 0.1) is 10.0 Å². The third-order valence-electron chi connectivity index (χ3n) is 4.34. The van der Waals surface area contributed by atoms with Crippen LogP contribution in [0.4, 0.5) is 5.82 Å². The summed E-state index contributed by atoms with van der Waals surface area (Å²) in [6, 6.07) is 7.79. The van der Waals surface area contributed by atoms with E-state index in [9.17, 15) is 0 Å². The lowest BCUT2D eigenvalue weighted by Gasteiger charge is -2.28. The molecule has 0 spiro atoms. The molecular formula is C19H18Cl2N4OS. The molecule has 0 radical (unpaired) electrons. The Hall–Kier alpha value is -1.86. The monoisotopic (exact) mass is 420 g/mol. The third-order valence-corrected chi connectivity index (χ3v) is 5.66. The van der Waals surface area contributed by atoms with Crippen LogP contribution in [0.1, 0.15) is 5.01 Å². The fourth-order valence-electron chi connectivity index (χ4n) is 2.99. The van der Waals surface area contributed by atoms with E-state index in [1.54, 1.807) is 6.20 Å². The maximum atomic E-state index is 6.45. The first-order valence-electron chi connectivity index (χ1n) is 8.63. The summed E-state index contributed by atoms with van der Waals surface area (Å²) in [6.45, 7) is 4.17. The van der Waals surface area contributed by atoms with Crippen LogP contribution < -0.4 is 15.0 Å². The zero-order chi connectivity index (χ0) is 18.6. The lowest BCUT2D eigenvalue weighted by Crippen LogP contribution is -2.43. The summed E-state index contributed by atoms with van der Waals surface area (Å²) in [6.07, 6.45) is 3.57. The van der Waals surface area contributed by atoms with Gasteiger partial charge in [0.25, 0.3) is 0 Å². The topological polar surface area (TPSA) is 50.3 Å². The minimum atomic E-state index is 0.346. The van der Waals surface area contributed by atoms with Crippen molar-refractivity contribution in [2.75, 3.05) is 31.1 Å². The summed E-state index contributed by atoms with van der Waals surface area (Å²) in [5, 5.41) is 7.10. The van der Waals surface area contributed by atoms with Gasteiger partial charge in [-0.1, -0.05) is 23.2 Å². The molecule has 0 bridgehead atoms. The summed E-state index contributed by atoms with van der Waals surface area (Å²) in [5.41, 5.74) is 1.96. The van der Waals surface area contributed by atoms with E-state index in [-0.39, 0.29) is 0 Å². The number of hydrogen-bond acceptors (Lipinski definition) is 6. The average molecular weight is 421 g/mol. The average Bonchev–Trinajstić information content (AvgIpc) is 3.22. The van der Waals surface area contributed by atoms with Crippen molar-refractivity contribution in [2.24, 2.45) is 0 Å². The summed E-state index contributed by atoms with van der Waals surface area (Å²) in [4.78, 5) is 11.0. The lowest BCUT2D eigenvalue weighted by molar-refractivity contribution is 0.306. The standard InChI is InChI=1S/C19H18Cl2N4OS/c20-15-9-14(10-16(21)19(15)26-12-18-24-5-8-27-18)13-1-2-23-17(11-13)25-6-3-22-4-7-25/h1-2,5,8-11,22H,3-4,6-7,12H2. The van der Waals surface area contributed by atoms with Gasteiger partial charge in [0.1, 0.15) is 17.4 Å². The van der Waals surface area contributed by atoms with Gasteiger partial charge < -0.3 is 15.0 Å². The van der Waals surface area contributed by atoms with Crippen LogP contribution in [0.5, 0.6) is 5.75 Å². The largest absolute Gasteiger partial charge is 0.483 e. The van der Waals surface area contributed by atoms with Crippen LogP contribution >= 0.6 is 34.5 Å². The van der Waals surface area contributed by atoms with Gasteiger partial charge in [-0.3, -0.25) is 0 Å². The van der Waals surface area contributed by atoms with Crippen molar-refractivity contribution < 1.29 is 4.74 Å². The highest BCUT2D eigenvalue weighted by Crippen LogP contribution is 2.38. The highest BCUT2D eigenvalue weighted by Gasteiger charge is 2.15. The minimum Gasteiger partial charge on any atom is -0.483 e. The Morgan fingerprint density at radius 1 is 1.04 bits per heavy atom. The number of anilines is 1. The summed E-state index contributed by atoms with van der Waals surface area (Å²) < 4.78 is 5.78. The molecule has 0 atom stereocenters. The quantitative estimate of drug-likeness (QED) is 0.658. The Morgan fingerprint density at radius 3 is 2.52 bits per heavy atom. The maximum Gasteiger partial charge on any atom is 0.157 e. The Morgan fingerprint density at radius 2 is 1.81 bits per heavy atom. The van der Waals surface area contributed by atoms with Gasteiger partial charge in [0.2, 0.25) is 0 Å². The second-order valence-electron chi connectivity index (χ2n) is 6.12.